The lowest BCUT2D eigenvalue weighted by Gasteiger charge is -2.03. The number of benzene rings is 1. The highest BCUT2D eigenvalue weighted by Gasteiger charge is 2.01. The predicted octanol–water partition coefficient (Wildman–Crippen LogP) is 1.41. The van der Waals surface area contributed by atoms with E-state index in [2.05, 4.69) is 10.4 Å². The first-order chi connectivity index (χ1) is 8.65. The summed E-state index contributed by atoms with van der Waals surface area (Å²) in [5.41, 5.74) is 2.49. The highest BCUT2D eigenvalue weighted by atomic mass is 16.4. The normalized spacial score (nSPS) is 10.5. The predicted molar refractivity (Wildman–Crippen MR) is 67.2 cm³/mol. The number of aryl methyl sites for hydroxylation is 1. The standard InChI is InChI=1S/C13H15N3O2/c1-16-9-11(8-15-16)7-14-6-10-2-4-12(5-3-10)13(17)18/h2-5,8-9,14H,6-7H2,1H3,(H,17,18). The van der Waals surface area contributed by atoms with Crippen molar-refractivity contribution in [1.82, 2.24) is 15.1 Å². The molecule has 2 N–H and O–H groups in total. The number of aromatic nitrogens is 2. The summed E-state index contributed by atoms with van der Waals surface area (Å²) in [6, 6.07) is 6.87. The van der Waals surface area contributed by atoms with Gasteiger partial charge in [-0.2, -0.15) is 5.10 Å². The van der Waals surface area contributed by atoms with Gasteiger partial charge in [-0.3, -0.25) is 4.68 Å². The summed E-state index contributed by atoms with van der Waals surface area (Å²) in [5.74, 6) is -0.898. The van der Waals surface area contributed by atoms with Gasteiger partial charge >= 0.3 is 5.97 Å². The van der Waals surface area contributed by atoms with Gasteiger partial charge in [0.15, 0.2) is 0 Å². The number of hydrogen-bond acceptors (Lipinski definition) is 3. The molecule has 0 bridgehead atoms. The van der Waals surface area contributed by atoms with Crippen LogP contribution in [0.2, 0.25) is 0 Å². The molecule has 1 aromatic heterocycles. The Morgan fingerprint density at radius 2 is 1.94 bits per heavy atom. The molecule has 0 aliphatic rings. The first kappa shape index (κ1) is 12.3. The highest BCUT2D eigenvalue weighted by molar-refractivity contribution is 5.87. The van der Waals surface area contributed by atoms with Crippen LogP contribution in [0.5, 0.6) is 0 Å². The van der Waals surface area contributed by atoms with Gasteiger partial charge < -0.3 is 10.4 Å². The van der Waals surface area contributed by atoms with Crippen LogP contribution in [0.3, 0.4) is 0 Å². The maximum absolute atomic E-state index is 10.7. The van der Waals surface area contributed by atoms with Crippen LogP contribution < -0.4 is 5.32 Å². The molecule has 2 rings (SSSR count). The molecule has 0 saturated carbocycles. The Kier molecular flexibility index (Phi) is 3.74. The second-order valence-corrected chi connectivity index (χ2v) is 4.13. The fourth-order valence-corrected chi connectivity index (χ4v) is 1.68. The van der Waals surface area contributed by atoms with E-state index in [-0.39, 0.29) is 0 Å². The Morgan fingerprint density at radius 3 is 2.50 bits per heavy atom. The summed E-state index contributed by atoms with van der Waals surface area (Å²) in [7, 11) is 1.88. The molecule has 18 heavy (non-hydrogen) atoms. The van der Waals surface area contributed by atoms with Crippen molar-refractivity contribution in [2.45, 2.75) is 13.1 Å². The Hall–Kier alpha value is -2.14. The minimum atomic E-state index is -0.898. The van der Waals surface area contributed by atoms with E-state index >= 15 is 0 Å². The molecular formula is C13H15N3O2. The Bertz CT molecular complexity index is 531. The van der Waals surface area contributed by atoms with Crippen molar-refractivity contribution in [2.75, 3.05) is 0 Å². The molecule has 0 fully saturated rings. The monoisotopic (exact) mass is 245 g/mol. The second-order valence-electron chi connectivity index (χ2n) is 4.13. The van der Waals surface area contributed by atoms with Gasteiger partial charge in [0.25, 0.3) is 0 Å². The molecule has 0 unspecified atom stereocenters. The average Bonchev–Trinajstić information content (AvgIpc) is 2.76. The zero-order valence-electron chi connectivity index (χ0n) is 10.1. The molecule has 0 amide bonds. The van der Waals surface area contributed by atoms with Gasteiger partial charge in [0.05, 0.1) is 11.8 Å². The van der Waals surface area contributed by atoms with E-state index < -0.39 is 5.97 Å². The fraction of sp³-hybridized carbons (Fsp3) is 0.231. The lowest BCUT2D eigenvalue weighted by molar-refractivity contribution is 0.0697. The van der Waals surface area contributed by atoms with Crippen molar-refractivity contribution in [3.05, 3.63) is 53.3 Å². The summed E-state index contributed by atoms with van der Waals surface area (Å²) < 4.78 is 1.76. The molecule has 0 aliphatic carbocycles. The third kappa shape index (κ3) is 3.18. The van der Waals surface area contributed by atoms with Gasteiger partial charge in [-0.05, 0) is 17.7 Å². The number of carboxylic acids is 1. The van der Waals surface area contributed by atoms with Gasteiger partial charge in [0.2, 0.25) is 0 Å². The van der Waals surface area contributed by atoms with Crippen molar-refractivity contribution < 1.29 is 9.90 Å². The first-order valence-electron chi connectivity index (χ1n) is 5.65. The van der Waals surface area contributed by atoms with Gasteiger partial charge in [-0.25, -0.2) is 4.79 Å². The molecule has 0 spiro atoms. The fourth-order valence-electron chi connectivity index (χ4n) is 1.68. The Balaban J connectivity index is 1.85. The van der Waals surface area contributed by atoms with Crippen LogP contribution >= 0.6 is 0 Å². The lowest BCUT2D eigenvalue weighted by atomic mass is 10.1. The quantitative estimate of drug-likeness (QED) is 0.835. The van der Waals surface area contributed by atoms with Crippen molar-refractivity contribution in [3.8, 4) is 0 Å². The molecule has 5 heteroatoms. The maximum atomic E-state index is 10.7. The van der Waals surface area contributed by atoms with E-state index in [1.807, 2.05) is 31.6 Å². The van der Waals surface area contributed by atoms with E-state index in [4.69, 9.17) is 5.11 Å². The lowest BCUT2D eigenvalue weighted by Crippen LogP contribution is -2.12. The molecule has 1 heterocycles. The molecule has 0 atom stereocenters. The first-order valence-corrected chi connectivity index (χ1v) is 5.65. The van der Waals surface area contributed by atoms with E-state index in [1.54, 1.807) is 16.8 Å². The molecule has 5 nitrogen and oxygen atoms in total. The van der Waals surface area contributed by atoms with Crippen molar-refractivity contribution in [2.24, 2.45) is 7.05 Å². The SMILES string of the molecule is Cn1cc(CNCc2ccc(C(=O)O)cc2)cn1. The van der Waals surface area contributed by atoms with Gasteiger partial charge in [0.1, 0.15) is 0 Å². The smallest absolute Gasteiger partial charge is 0.335 e. The van der Waals surface area contributed by atoms with E-state index in [1.165, 1.54) is 0 Å². The number of hydrogen-bond donors (Lipinski definition) is 2. The van der Waals surface area contributed by atoms with Crippen molar-refractivity contribution in [3.63, 3.8) is 0 Å². The third-order valence-corrected chi connectivity index (χ3v) is 2.62. The largest absolute Gasteiger partial charge is 0.478 e. The van der Waals surface area contributed by atoms with Crippen LogP contribution in [-0.4, -0.2) is 20.9 Å². The number of carbonyl (C=O) groups is 1. The average molecular weight is 245 g/mol. The van der Waals surface area contributed by atoms with Crippen LogP contribution in [0.25, 0.3) is 0 Å². The second kappa shape index (κ2) is 5.46. The maximum Gasteiger partial charge on any atom is 0.335 e. The molecule has 1 aromatic carbocycles. The van der Waals surface area contributed by atoms with Crippen LogP contribution in [0.15, 0.2) is 36.7 Å². The zero-order valence-corrected chi connectivity index (χ0v) is 10.1. The summed E-state index contributed by atoms with van der Waals surface area (Å²) in [4.78, 5) is 10.7. The molecule has 94 valence electrons. The summed E-state index contributed by atoms with van der Waals surface area (Å²) in [6.45, 7) is 1.45. The van der Waals surface area contributed by atoms with Gasteiger partial charge in [0, 0.05) is 31.9 Å². The molecule has 0 aliphatic heterocycles. The van der Waals surface area contributed by atoms with Crippen molar-refractivity contribution in [1.29, 1.82) is 0 Å². The minimum Gasteiger partial charge on any atom is -0.478 e. The van der Waals surface area contributed by atoms with Crippen LogP contribution in [0, 0.1) is 0 Å². The Morgan fingerprint density at radius 1 is 1.28 bits per heavy atom. The van der Waals surface area contributed by atoms with Gasteiger partial charge in [-0.1, -0.05) is 12.1 Å². The number of carboxylic acid groups (broad SMARTS) is 1. The number of nitrogens with one attached hydrogen (secondary N) is 1. The molecular weight excluding hydrogens is 230 g/mol. The van der Waals surface area contributed by atoms with E-state index in [0.717, 1.165) is 17.7 Å². The number of aromatic carboxylic acids is 1. The van der Waals surface area contributed by atoms with E-state index in [9.17, 15) is 4.79 Å². The van der Waals surface area contributed by atoms with Crippen molar-refractivity contribution >= 4 is 5.97 Å². The zero-order chi connectivity index (χ0) is 13.0. The summed E-state index contributed by atoms with van der Waals surface area (Å²) in [5, 5.41) is 16.1. The highest BCUT2D eigenvalue weighted by Crippen LogP contribution is 2.04. The third-order valence-electron chi connectivity index (χ3n) is 2.62. The van der Waals surface area contributed by atoms with E-state index in [0.29, 0.717) is 12.1 Å². The summed E-state index contributed by atoms with van der Waals surface area (Å²) >= 11 is 0. The number of nitrogens with zero attached hydrogens (tertiary/aromatic N) is 2. The molecule has 2 aromatic rings. The number of rotatable bonds is 5. The van der Waals surface area contributed by atoms with Gasteiger partial charge in [-0.15, -0.1) is 0 Å². The van der Waals surface area contributed by atoms with Crippen LogP contribution in [0.1, 0.15) is 21.5 Å². The topological polar surface area (TPSA) is 67.2 Å². The Labute approximate surface area is 105 Å². The minimum absolute atomic E-state index is 0.311. The van der Waals surface area contributed by atoms with Crippen LogP contribution in [-0.2, 0) is 20.1 Å². The summed E-state index contributed by atoms with van der Waals surface area (Å²) in [6.07, 6.45) is 3.78. The molecule has 0 saturated heterocycles. The molecule has 0 radical (unpaired) electrons. The van der Waals surface area contributed by atoms with Crippen LogP contribution in [0.4, 0.5) is 0 Å².